The summed E-state index contributed by atoms with van der Waals surface area (Å²) in [6, 6.07) is 4.59. The van der Waals surface area contributed by atoms with E-state index in [0.29, 0.717) is 6.54 Å². The van der Waals surface area contributed by atoms with Crippen molar-refractivity contribution >= 4 is 6.03 Å². The van der Waals surface area contributed by atoms with Gasteiger partial charge in [-0.15, -0.1) is 0 Å². The van der Waals surface area contributed by atoms with E-state index in [9.17, 15) is 4.79 Å². The highest BCUT2D eigenvalue weighted by Crippen LogP contribution is 2.27. The van der Waals surface area contributed by atoms with E-state index in [1.807, 2.05) is 7.05 Å². The summed E-state index contributed by atoms with van der Waals surface area (Å²) in [6.45, 7) is 7.05. The number of benzene rings is 1. The van der Waals surface area contributed by atoms with Gasteiger partial charge in [0.25, 0.3) is 0 Å². The molecule has 2 rings (SSSR count). The Morgan fingerprint density at radius 1 is 1.19 bits per heavy atom. The molecule has 0 aliphatic carbocycles. The molecule has 0 spiro atoms. The molecule has 1 unspecified atom stereocenters. The summed E-state index contributed by atoms with van der Waals surface area (Å²) in [5.74, 6) is 0. The molecule has 2 amide bonds. The van der Waals surface area contributed by atoms with Gasteiger partial charge in [-0.05, 0) is 43.0 Å². The van der Waals surface area contributed by atoms with Crippen LogP contribution in [0.2, 0.25) is 0 Å². The van der Waals surface area contributed by atoms with E-state index in [0.717, 1.165) is 0 Å². The number of carbonyl (C=O) groups is 1. The highest BCUT2D eigenvalue weighted by atomic mass is 16.2. The van der Waals surface area contributed by atoms with Gasteiger partial charge in [-0.1, -0.05) is 12.1 Å². The van der Waals surface area contributed by atoms with Crippen LogP contribution in [-0.2, 0) is 0 Å². The zero-order valence-corrected chi connectivity index (χ0v) is 10.3. The minimum Gasteiger partial charge on any atom is -0.336 e. The molecule has 1 atom stereocenters. The fourth-order valence-electron chi connectivity index (χ4n) is 2.25. The van der Waals surface area contributed by atoms with E-state index in [-0.39, 0.29) is 12.1 Å². The number of hydrogen-bond acceptors (Lipinski definition) is 1. The van der Waals surface area contributed by atoms with Crippen LogP contribution in [0, 0.1) is 20.8 Å². The Kier molecular flexibility index (Phi) is 2.62. The van der Waals surface area contributed by atoms with E-state index in [1.165, 1.54) is 22.3 Å². The van der Waals surface area contributed by atoms with Crippen molar-refractivity contribution in [2.75, 3.05) is 13.6 Å². The zero-order chi connectivity index (χ0) is 11.9. The Morgan fingerprint density at radius 2 is 1.81 bits per heavy atom. The molecule has 3 heteroatoms. The summed E-state index contributed by atoms with van der Waals surface area (Å²) >= 11 is 0. The second-order valence-electron chi connectivity index (χ2n) is 4.61. The number of nitrogens with zero attached hydrogens (tertiary/aromatic N) is 1. The lowest BCUT2D eigenvalue weighted by molar-refractivity contribution is 0.216. The van der Waals surface area contributed by atoms with Gasteiger partial charge in [0.2, 0.25) is 0 Å². The van der Waals surface area contributed by atoms with Gasteiger partial charge in [-0.2, -0.15) is 0 Å². The third-order valence-corrected chi connectivity index (χ3v) is 3.48. The number of amides is 2. The monoisotopic (exact) mass is 218 g/mol. The summed E-state index contributed by atoms with van der Waals surface area (Å²) in [7, 11) is 1.85. The van der Waals surface area contributed by atoms with Crippen LogP contribution in [0.4, 0.5) is 4.79 Å². The Bertz CT molecular complexity index is 440. The molecule has 1 aliphatic rings. The second kappa shape index (κ2) is 3.81. The predicted molar refractivity (Wildman–Crippen MR) is 64.6 cm³/mol. The van der Waals surface area contributed by atoms with Crippen molar-refractivity contribution in [3.8, 4) is 0 Å². The molecule has 1 aromatic rings. The number of nitrogens with one attached hydrogen (secondary N) is 1. The fourth-order valence-corrected chi connectivity index (χ4v) is 2.25. The summed E-state index contributed by atoms with van der Waals surface area (Å²) in [6.07, 6.45) is 0. The number of urea groups is 1. The lowest BCUT2D eigenvalue weighted by Crippen LogP contribution is -2.25. The number of likely N-dealkylation sites (N-methyl/N-ethyl adjacent to an activating group) is 1. The van der Waals surface area contributed by atoms with Crippen LogP contribution in [0.1, 0.15) is 28.3 Å². The molecular formula is C13H18N2O. The molecule has 0 saturated carbocycles. The Morgan fingerprint density at radius 3 is 2.38 bits per heavy atom. The Labute approximate surface area is 96.5 Å². The Hall–Kier alpha value is -1.51. The SMILES string of the molecule is Cc1cc(C)c(C2CNC(=O)N2C)cc1C. The van der Waals surface area contributed by atoms with Crippen LogP contribution < -0.4 is 5.32 Å². The standard InChI is InChI=1S/C13H18N2O/c1-8-5-10(3)11(6-9(8)2)12-7-14-13(16)15(12)4/h5-6,12H,7H2,1-4H3,(H,14,16). The number of hydrogen-bond donors (Lipinski definition) is 1. The highest BCUT2D eigenvalue weighted by Gasteiger charge is 2.29. The van der Waals surface area contributed by atoms with Gasteiger partial charge in [0, 0.05) is 13.6 Å². The molecule has 0 radical (unpaired) electrons. The summed E-state index contributed by atoms with van der Waals surface area (Å²) in [4.78, 5) is 13.2. The van der Waals surface area contributed by atoms with E-state index >= 15 is 0 Å². The van der Waals surface area contributed by atoms with Crippen molar-refractivity contribution < 1.29 is 4.79 Å². The van der Waals surface area contributed by atoms with E-state index < -0.39 is 0 Å². The first-order valence-corrected chi connectivity index (χ1v) is 5.59. The lowest BCUT2D eigenvalue weighted by Gasteiger charge is -2.21. The molecule has 1 saturated heterocycles. The maximum absolute atomic E-state index is 11.4. The van der Waals surface area contributed by atoms with Crippen molar-refractivity contribution in [3.05, 3.63) is 34.4 Å². The predicted octanol–water partition coefficient (Wildman–Crippen LogP) is 2.31. The minimum atomic E-state index is 0.0163. The van der Waals surface area contributed by atoms with Gasteiger partial charge in [0.05, 0.1) is 6.04 Å². The number of rotatable bonds is 1. The fraction of sp³-hybridized carbons (Fsp3) is 0.462. The normalized spacial score (nSPS) is 20.1. The first-order valence-electron chi connectivity index (χ1n) is 5.59. The third kappa shape index (κ3) is 1.66. The smallest absolute Gasteiger partial charge is 0.317 e. The van der Waals surface area contributed by atoms with Crippen LogP contribution in [-0.4, -0.2) is 24.5 Å². The summed E-state index contributed by atoms with van der Waals surface area (Å²) < 4.78 is 0. The molecule has 86 valence electrons. The minimum absolute atomic E-state index is 0.0163. The number of carbonyl (C=O) groups excluding carboxylic acids is 1. The quantitative estimate of drug-likeness (QED) is 0.770. The summed E-state index contributed by atoms with van der Waals surface area (Å²) in [5, 5.41) is 2.87. The maximum atomic E-state index is 11.4. The van der Waals surface area contributed by atoms with Crippen LogP contribution >= 0.6 is 0 Å². The average molecular weight is 218 g/mol. The average Bonchev–Trinajstić information content (AvgIpc) is 2.54. The Balaban J connectivity index is 2.41. The van der Waals surface area contributed by atoms with Crippen molar-refractivity contribution in [1.82, 2.24) is 10.2 Å². The number of aryl methyl sites for hydroxylation is 3. The maximum Gasteiger partial charge on any atom is 0.317 e. The van der Waals surface area contributed by atoms with E-state index in [1.54, 1.807) is 4.90 Å². The van der Waals surface area contributed by atoms with Crippen LogP contribution in [0.3, 0.4) is 0 Å². The van der Waals surface area contributed by atoms with Gasteiger partial charge in [0.15, 0.2) is 0 Å². The van der Waals surface area contributed by atoms with Gasteiger partial charge in [-0.3, -0.25) is 0 Å². The summed E-state index contributed by atoms with van der Waals surface area (Å²) in [5.41, 5.74) is 5.11. The van der Waals surface area contributed by atoms with Crippen LogP contribution in [0.25, 0.3) is 0 Å². The third-order valence-electron chi connectivity index (χ3n) is 3.48. The van der Waals surface area contributed by atoms with Gasteiger partial charge in [0.1, 0.15) is 0 Å². The van der Waals surface area contributed by atoms with Crippen molar-refractivity contribution in [1.29, 1.82) is 0 Å². The lowest BCUT2D eigenvalue weighted by atomic mass is 9.96. The molecule has 0 bridgehead atoms. The molecule has 1 N–H and O–H groups in total. The van der Waals surface area contributed by atoms with Crippen LogP contribution in [0.15, 0.2) is 12.1 Å². The highest BCUT2D eigenvalue weighted by molar-refractivity contribution is 5.77. The van der Waals surface area contributed by atoms with Crippen molar-refractivity contribution in [2.24, 2.45) is 0 Å². The molecule has 16 heavy (non-hydrogen) atoms. The van der Waals surface area contributed by atoms with Gasteiger partial charge >= 0.3 is 6.03 Å². The van der Waals surface area contributed by atoms with Crippen molar-refractivity contribution in [2.45, 2.75) is 26.8 Å². The molecule has 3 nitrogen and oxygen atoms in total. The first kappa shape index (κ1) is 11.0. The van der Waals surface area contributed by atoms with Gasteiger partial charge < -0.3 is 10.2 Å². The molecule has 1 aliphatic heterocycles. The van der Waals surface area contributed by atoms with E-state index in [2.05, 4.69) is 38.2 Å². The first-order chi connectivity index (χ1) is 7.50. The molecule has 0 aromatic heterocycles. The molecular weight excluding hydrogens is 200 g/mol. The molecule has 1 aromatic carbocycles. The molecule has 1 fully saturated rings. The van der Waals surface area contributed by atoms with Crippen LogP contribution in [0.5, 0.6) is 0 Å². The van der Waals surface area contributed by atoms with E-state index in [4.69, 9.17) is 0 Å². The zero-order valence-electron chi connectivity index (χ0n) is 10.3. The largest absolute Gasteiger partial charge is 0.336 e. The topological polar surface area (TPSA) is 32.3 Å². The second-order valence-corrected chi connectivity index (χ2v) is 4.61. The molecule has 1 heterocycles. The van der Waals surface area contributed by atoms with Gasteiger partial charge in [-0.25, -0.2) is 4.79 Å². The van der Waals surface area contributed by atoms with Crippen molar-refractivity contribution in [3.63, 3.8) is 0 Å².